The van der Waals surface area contributed by atoms with Crippen LogP contribution in [0.1, 0.15) is 34.6 Å². The maximum atomic E-state index is 11.9. The Morgan fingerprint density at radius 2 is 1.45 bits per heavy atom. The maximum Gasteiger partial charge on any atom is 0.338 e. The van der Waals surface area contributed by atoms with E-state index in [1.807, 2.05) is 13.8 Å². The summed E-state index contributed by atoms with van der Waals surface area (Å²) in [6, 6.07) is 10.9. The molecule has 0 atom stereocenters. The molecule has 0 spiro atoms. The lowest BCUT2D eigenvalue weighted by atomic mass is 10.2. The molecule has 29 heavy (non-hydrogen) atoms. The zero-order chi connectivity index (χ0) is 21.4. The van der Waals surface area contributed by atoms with Crippen LogP contribution >= 0.6 is 0 Å². The molecule has 9 nitrogen and oxygen atoms in total. The molecule has 2 rings (SSSR count). The molecule has 2 aromatic rings. The summed E-state index contributed by atoms with van der Waals surface area (Å²) in [5, 5.41) is 13.1. The topological polar surface area (TPSA) is 125 Å². The van der Waals surface area contributed by atoms with Gasteiger partial charge in [0.1, 0.15) is 0 Å². The van der Waals surface area contributed by atoms with Crippen LogP contribution in [-0.2, 0) is 14.3 Å². The van der Waals surface area contributed by atoms with Gasteiger partial charge in [-0.3, -0.25) is 14.9 Å². The number of nitro benzene ring substituents is 1. The van der Waals surface area contributed by atoms with Crippen molar-refractivity contribution in [2.24, 2.45) is 5.92 Å². The van der Waals surface area contributed by atoms with Gasteiger partial charge in [-0.1, -0.05) is 13.8 Å². The minimum atomic E-state index is -0.779. The van der Waals surface area contributed by atoms with E-state index in [1.165, 1.54) is 48.5 Å². The zero-order valence-electron chi connectivity index (χ0n) is 15.9. The average molecular weight is 400 g/mol. The molecule has 0 unspecified atom stereocenters. The lowest BCUT2D eigenvalue weighted by molar-refractivity contribution is -0.384. The van der Waals surface area contributed by atoms with Gasteiger partial charge in [-0.2, -0.15) is 0 Å². The Kier molecular flexibility index (Phi) is 7.41. The highest BCUT2D eigenvalue weighted by Crippen LogP contribution is 2.13. The van der Waals surface area contributed by atoms with Crippen LogP contribution < -0.4 is 5.32 Å². The second-order valence-corrected chi connectivity index (χ2v) is 6.50. The molecule has 0 radical (unpaired) electrons. The molecule has 152 valence electrons. The number of ether oxygens (including phenoxy) is 2. The molecule has 0 heterocycles. The Balaban J connectivity index is 1.83. The number of benzene rings is 2. The lowest BCUT2D eigenvalue weighted by Crippen LogP contribution is -2.21. The number of nitro groups is 1. The number of hydrogen-bond donors (Lipinski definition) is 1. The highest BCUT2D eigenvalue weighted by Gasteiger charge is 2.13. The molecule has 0 bridgehead atoms. The largest absolute Gasteiger partial charge is 0.462 e. The molecule has 1 amide bonds. The minimum Gasteiger partial charge on any atom is -0.462 e. The normalized spacial score (nSPS) is 10.3. The van der Waals surface area contributed by atoms with Crippen LogP contribution in [0, 0.1) is 16.0 Å². The second kappa shape index (κ2) is 9.98. The number of amides is 1. The Hall–Kier alpha value is -3.75. The molecule has 2 aromatic carbocycles. The van der Waals surface area contributed by atoms with E-state index in [2.05, 4.69) is 5.32 Å². The number of carbonyl (C=O) groups is 3. The number of esters is 2. The Labute approximate surface area is 166 Å². The predicted octanol–water partition coefficient (Wildman–Crippen LogP) is 3.20. The van der Waals surface area contributed by atoms with Crippen molar-refractivity contribution in [2.75, 3.05) is 18.5 Å². The molecule has 0 aromatic heterocycles. The third-order valence-electron chi connectivity index (χ3n) is 3.60. The number of carbonyl (C=O) groups excluding carboxylic acids is 3. The van der Waals surface area contributed by atoms with E-state index >= 15 is 0 Å². The van der Waals surface area contributed by atoms with Crippen molar-refractivity contribution in [2.45, 2.75) is 13.8 Å². The first-order chi connectivity index (χ1) is 13.8. The van der Waals surface area contributed by atoms with E-state index in [1.54, 1.807) is 0 Å². The van der Waals surface area contributed by atoms with Gasteiger partial charge in [-0.15, -0.1) is 0 Å². The quantitative estimate of drug-likeness (QED) is 0.410. The fourth-order valence-electron chi connectivity index (χ4n) is 2.15. The van der Waals surface area contributed by atoms with Gasteiger partial charge in [0, 0.05) is 17.8 Å². The van der Waals surface area contributed by atoms with Gasteiger partial charge >= 0.3 is 11.9 Å². The van der Waals surface area contributed by atoms with Crippen molar-refractivity contribution in [1.29, 1.82) is 0 Å². The van der Waals surface area contributed by atoms with Crippen LogP contribution in [0.5, 0.6) is 0 Å². The monoisotopic (exact) mass is 400 g/mol. The smallest absolute Gasteiger partial charge is 0.338 e. The molecule has 0 saturated heterocycles. The predicted molar refractivity (Wildman–Crippen MR) is 104 cm³/mol. The average Bonchev–Trinajstić information content (AvgIpc) is 2.70. The number of non-ortho nitro benzene ring substituents is 1. The van der Waals surface area contributed by atoms with Crippen LogP contribution in [-0.4, -0.2) is 36.0 Å². The summed E-state index contributed by atoms with van der Waals surface area (Å²) < 4.78 is 10.0. The third-order valence-corrected chi connectivity index (χ3v) is 3.60. The number of rotatable bonds is 8. The highest BCUT2D eigenvalue weighted by atomic mass is 16.6. The Morgan fingerprint density at radius 3 is 1.97 bits per heavy atom. The van der Waals surface area contributed by atoms with E-state index in [4.69, 9.17) is 9.47 Å². The molecule has 0 aliphatic heterocycles. The van der Waals surface area contributed by atoms with Crippen LogP contribution in [0.15, 0.2) is 48.5 Å². The minimum absolute atomic E-state index is 0.0904. The van der Waals surface area contributed by atoms with Gasteiger partial charge in [0.05, 0.1) is 22.7 Å². The van der Waals surface area contributed by atoms with Gasteiger partial charge in [0.25, 0.3) is 11.6 Å². The summed E-state index contributed by atoms with van der Waals surface area (Å²) >= 11 is 0. The van der Waals surface area contributed by atoms with Gasteiger partial charge in [-0.25, -0.2) is 9.59 Å². The zero-order valence-corrected chi connectivity index (χ0v) is 15.9. The van der Waals surface area contributed by atoms with E-state index in [0.29, 0.717) is 17.9 Å². The standard InChI is InChI=1S/C20H20N2O7/c1-13(2)11-28-19(24)14-3-7-16(8-4-14)21-18(23)12-29-20(25)15-5-9-17(10-6-15)22(26)27/h3-10,13H,11-12H2,1-2H3,(H,21,23). The summed E-state index contributed by atoms with van der Waals surface area (Å²) in [4.78, 5) is 45.7. The third kappa shape index (κ3) is 6.73. The molecular weight excluding hydrogens is 380 g/mol. The van der Waals surface area contributed by atoms with Crippen molar-refractivity contribution < 1.29 is 28.8 Å². The second-order valence-electron chi connectivity index (χ2n) is 6.50. The molecule has 0 aliphatic rings. The van der Waals surface area contributed by atoms with Gasteiger partial charge in [0.2, 0.25) is 0 Å². The van der Waals surface area contributed by atoms with Crippen molar-refractivity contribution in [1.82, 2.24) is 0 Å². The highest BCUT2D eigenvalue weighted by molar-refractivity contribution is 5.96. The SMILES string of the molecule is CC(C)COC(=O)c1ccc(NC(=O)COC(=O)c2ccc([N+](=O)[O-])cc2)cc1. The first kappa shape index (κ1) is 21.5. The van der Waals surface area contributed by atoms with Crippen molar-refractivity contribution in [3.8, 4) is 0 Å². The van der Waals surface area contributed by atoms with Crippen molar-refractivity contribution in [3.05, 3.63) is 69.8 Å². The molecule has 0 saturated carbocycles. The van der Waals surface area contributed by atoms with Crippen LogP contribution in [0.25, 0.3) is 0 Å². The van der Waals surface area contributed by atoms with Crippen LogP contribution in [0.2, 0.25) is 0 Å². The van der Waals surface area contributed by atoms with Crippen LogP contribution in [0.3, 0.4) is 0 Å². The van der Waals surface area contributed by atoms with E-state index < -0.39 is 29.4 Å². The Morgan fingerprint density at radius 1 is 0.931 bits per heavy atom. The number of nitrogens with zero attached hydrogens (tertiary/aromatic N) is 1. The number of nitrogens with one attached hydrogen (secondary N) is 1. The Bertz CT molecular complexity index is 890. The van der Waals surface area contributed by atoms with E-state index in [-0.39, 0.29) is 17.2 Å². The molecular formula is C20H20N2O7. The molecule has 1 N–H and O–H groups in total. The fraction of sp³-hybridized carbons (Fsp3) is 0.250. The molecule has 0 fully saturated rings. The van der Waals surface area contributed by atoms with Crippen LogP contribution in [0.4, 0.5) is 11.4 Å². The molecule has 0 aliphatic carbocycles. The van der Waals surface area contributed by atoms with Gasteiger partial charge in [-0.05, 0) is 42.3 Å². The van der Waals surface area contributed by atoms with Crippen molar-refractivity contribution >= 4 is 29.2 Å². The maximum absolute atomic E-state index is 11.9. The molecule has 9 heteroatoms. The number of anilines is 1. The van der Waals surface area contributed by atoms with E-state index in [0.717, 1.165) is 0 Å². The summed E-state index contributed by atoms with van der Waals surface area (Å²) in [6.07, 6.45) is 0. The fourth-order valence-corrected chi connectivity index (χ4v) is 2.15. The van der Waals surface area contributed by atoms with E-state index in [9.17, 15) is 24.5 Å². The lowest BCUT2D eigenvalue weighted by Gasteiger charge is -2.09. The van der Waals surface area contributed by atoms with Gasteiger partial charge in [0.15, 0.2) is 6.61 Å². The first-order valence-electron chi connectivity index (χ1n) is 8.75. The summed E-state index contributed by atoms with van der Waals surface area (Å²) in [5.74, 6) is -1.58. The van der Waals surface area contributed by atoms with Crippen molar-refractivity contribution in [3.63, 3.8) is 0 Å². The summed E-state index contributed by atoms with van der Waals surface area (Å²) in [7, 11) is 0. The van der Waals surface area contributed by atoms with Gasteiger partial charge < -0.3 is 14.8 Å². The first-order valence-corrected chi connectivity index (χ1v) is 8.75. The number of hydrogen-bond acceptors (Lipinski definition) is 7. The summed E-state index contributed by atoms with van der Waals surface area (Å²) in [5.41, 5.74) is 0.707. The summed E-state index contributed by atoms with van der Waals surface area (Å²) in [6.45, 7) is 3.65.